The first-order valence-electron chi connectivity index (χ1n) is 5.89. The van der Waals surface area contributed by atoms with Gasteiger partial charge in [-0.15, -0.1) is 0 Å². The smallest absolute Gasteiger partial charge is 0.387 e. The van der Waals surface area contributed by atoms with Crippen LogP contribution in [0.1, 0.15) is 15.9 Å². The van der Waals surface area contributed by atoms with E-state index in [9.17, 15) is 26.4 Å². The predicted molar refractivity (Wildman–Crippen MR) is 73.0 cm³/mol. The van der Waals surface area contributed by atoms with Crippen LogP contribution in [0, 0.1) is 0 Å². The zero-order chi connectivity index (χ0) is 16.3. The highest BCUT2D eigenvalue weighted by molar-refractivity contribution is 7.90. The van der Waals surface area contributed by atoms with E-state index in [0.29, 0.717) is 0 Å². The summed E-state index contributed by atoms with van der Waals surface area (Å²) in [6.45, 7) is -0.170. The normalized spacial score (nSPS) is 12.0. The van der Waals surface area contributed by atoms with Crippen LogP contribution in [0.25, 0.3) is 0 Å². The molecule has 0 heterocycles. The molecular formula is C12H15F3N2O3S. The number of rotatable bonds is 5. The number of alkyl halides is 3. The summed E-state index contributed by atoms with van der Waals surface area (Å²) < 4.78 is 59.8. The van der Waals surface area contributed by atoms with Crippen molar-refractivity contribution in [2.24, 2.45) is 0 Å². The molecule has 1 aromatic rings. The number of sulfone groups is 1. The molecule has 0 aliphatic heterocycles. The monoisotopic (exact) mass is 324 g/mol. The minimum atomic E-state index is -4.56. The lowest BCUT2D eigenvalue weighted by molar-refractivity contribution is -0.137. The number of hydrogen-bond donors (Lipinski definition) is 2. The molecule has 1 amide bonds. The highest BCUT2D eigenvalue weighted by Gasteiger charge is 2.31. The summed E-state index contributed by atoms with van der Waals surface area (Å²) in [5.74, 6) is -1.05. The molecule has 1 aromatic carbocycles. The van der Waals surface area contributed by atoms with Crippen LogP contribution >= 0.6 is 0 Å². The van der Waals surface area contributed by atoms with Crippen LogP contribution < -0.4 is 10.6 Å². The fourth-order valence-corrected chi connectivity index (χ4v) is 2.04. The molecule has 0 saturated heterocycles. The number of nitrogens with one attached hydrogen (secondary N) is 2. The van der Waals surface area contributed by atoms with Gasteiger partial charge in [-0.2, -0.15) is 13.2 Å². The maximum Gasteiger partial charge on any atom is 0.416 e. The predicted octanol–water partition coefficient (Wildman–Crippen LogP) is 1.52. The van der Waals surface area contributed by atoms with Gasteiger partial charge in [-0.25, -0.2) is 8.42 Å². The first-order valence-corrected chi connectivity index (χ1v) is 7.95. The van der Waals surface area contributed by atoms with E-state index in [0.717, 1.165) is 24.5 Å². The first kappa shape index (κ1) is 17.3. The van der Waals surface area contributed by atoms with Gasteiger partial charge in [0.15, 0.2) is 0 Å². The Bertz CT molecular complexity index is 627. The zero-order valence-corrected chi connectivity index (χ0v) is 12.2. The van der Waals surface area contributed by atoms with Crippen LogP contribution in [0.15, 0.2) is 18.2 Å². The summed E-state index contributed by atoms with van der Waals surface area (Å²) in [7, 11) is -1.79. The van der Waals surface area contributed by atoms with E-state index >= 15 is 0 Å². The summed E-state index contributed by atoms with van der Waals surface area (Å²) in [4.78, 5) is 11.9. The summed E-state index contributed by atoms with van der Waals surface area (Å²) >= 11 is 0. The van der Waals surface area contributed by atoms with Gasteiger partial charge in [0.1, 0.15) is 9.84 Å². The second-order valence-corrected chi connectivity index (χ2v) is 6.65. The molecule has 0 aliphatic carbocycles. The van der Waals surface area contributed by atoms with Gasteiger partial charge in [-0.05, 0) is 18.2 Å². The average Bonchev–Trinajstić information content (AvgIpc) is 2.35. The van der Waals surface area contributed by atoms with Crippen molar-refractivity contribution >= 4 is 21.4 Å². The van der Waals surface area contributed by atoms with E-state index in [1.54, 1.807) is 0 Å². The Balaban J connectivity index is 2.96. The van der Waals surface area contributed by atoms with Gasteiger partial charge in [0.05, 0.1) is 16.9 Å². The van der Waals surface area contributed by atoms with Crippen molar-refractivity contribution < 1.29 is 26.4 Å². The molecule has 0 aromatic heterocycles. The Morgan fingerprint density at radius 3 is 2.38 bits per heavy atom. The standard InChI is InChI=1S/C12H15F3N2O3S/c1-16-10-4-3-8(12(13,14)15)7-9(10)11(18)17-5-6-21(2,19)20/h3-4,7,16H,5-6H2,1-2H3,(H,17,18). The van der Waals surface area contributed by atoms with E-state index in [1.165, 1.54) is 7.05 Å². The first-order chi connectivity index (χ1) is 9.54. The van der Waals surface area contributed by atoms with Crippen molar-refractivity contribution in [3.05, 3.63) is 29.3 Å². The minimum Gasteiger partial charge on any atom is -0.387 e. The fourth-order valence-electron chi connectivity index (χ4n) is 1.57. The quantitative estimate of drug-likeness (QED) is 0.861. The number of carbonyl (C=O) groups excluding carboxylic acids is 1. The number of amides is 1. The van der Waals surface area contributed by atoms with Gasteiger partial charge in [0.2, 0.25) is 0 Å². The third-order valence-electron chi connectivity index (χ3n) is 2.62. The number of benzene rings is 1. The summed E-state index contributed by atoms with van der Waals surface area (Å²) in [6, 6.07) is 2.73. The maximum atomic E-state index is 12.6. The molecule has 1 rings (SSSR count). The Labute approximate surface area is 120 Å². The van der Waals surface area contributed by atoms with Crippen LogP contribution in [0.3, 0.4) is 0 Å². The van der Waals surface area contributed by atoms with Gasteiger partial charge in [0.25, 0.3) is 5.91 Å². The summed E-state index contributed by atoms with van der Waals surface area (Å²) in [6.07, 6.45) is -3.56. The summed E-state index contributed by atoms with van der Waals surface area (Å²) in [5, 5.41) is 4.90. The molecule has 2 N–H and O–H groups in total. The van der Waals surface area contributed by atoms with Crippen LogP contribution in [0.2, 0.25) is 0 Å². The van der Waals surface area contributed by atoms with Crippen molar-refractivity contribution in [3.8, 4) is 0 Å². The number of halogens is 3. The highest BCUT2D eigenvalue weighted by Crippen LogP contribution is 2.31. The number of anilines is 1. The molecule has 0 atom stereocenters. The zero-order valence-electron chi connectivity index (χ0n) is 11.4. The van der Waals surface area contributed by atoms with Crippen molar-refractivity contribution in [2.45, 2.75) is 6.18 Å². The van der Waals surface area contributed by atoms with Crippen molar-refractivity contribution in [2.75, 3.05) is 30.9 Å². The van der Waals surface area contributed by atoms with Crippen LogP contribution in [-0.2, 0) is 16.0 Å². The van der Waals surface area contributed by atoms with Gasteiger partial charge in [-0.3, -0.25) is 4.79 Å². The molecular weight excluding hydrogens is 309 g/mol. The van der Waals surface area contributed by atoms with Crippen molar-refractivity contribution in [1.82, 2.24) is 5.32 Å². The van der Waals surface area contributed by atoms with E-state index in [-0.39, 0.29) is 23.5 Å². The fraction of sp³-hybridized carbons (Fsp3) is 0.417. The molecule has 0 unspecified atom stereocenters. The van der Waals surface area contributed by atoms with Crippen molar-refractivity contribution in [3.63, 3.8) is 0 Å². The van der Waals surface area contributed by atoms with Crippen LogP contribution in [0.5, 0.6) is 0 Å². The lowest BCUT2D eigenvalue weighted by Gasteiger charge is -2.13. The minimum absolute atomic E-state index is 0.170. The summed E-state index contributed by atoms with van der Waals surface area (Å²) in [5.41, 5.74) is -0.921. The van der Waals surface area contributed by atoms with E-state index < -0.39 is 27.5 Å². The van der Waals surface area contributed by atoms with Gasteiger partial charge < -0.3 is 10.6 Å². The molecule has 0 fully saturated rings. The second-order valence-electron chi connectivity index (χ2n) is 4.39. The maximum absolute atomic E-state index is 12.6. The Morgan fingerprint density at radius 2 is 1.90 bits per heavy atom. The largest absolute Gasteiger partial charge is 0.416 e. The molecule has 0 radical (unpaired) electrons. The second kappa shape index (κ2) is 6.33. The molecule has 9 heteroatoms. The van der Waals surface area contributed by atoms with Gasteiger partial charge in [0, 0.05) is 25.5 Å². The number of carbonyl (C=O) groups is 1. The average molecular weight is 324 g/mol. The lowest BCUT2D eigenvalue weighted by Crippen LogP contribution is -2.29. The molecule has 0 spiro atoms. The van der Waals surface area contributed by atoms with Gasteiger partial charge >= 0.3 is 6.18 Å². The lowest BCUT2D eigenvalue weighted by atomic mass is 10.1. The molecule has 5 nitrogen and oxygen atoms in total. The Kier molecular flexibility index (Phi) is 5.21. The third-order valence-corrected chi connectivity index (χ3v) is 3.56. The van der Waals surface area contributed by atoms with E-state index in [4.69, 9.17) is 0 Å². The Morgan fingerprint density at radius 1 is 1.29 bits per heavy atom. The van der Waals surface area contributed by atoms with E-state index in [1.807, 2.05) is 0 Å². The number of hydrogen-bond acceptors (Lipinski definition) is 4. The van der Waals surface area contributed by atoms with E-state index in [2.05, 4.69) is 10.6 Å². The molecule has 0 saturated carbocycles. The third kappa shape index (κ3) is 5.25. The highest BCUT2D eigenvalue weighted by atomic mass is 32.2. The molecule has 21 heavy (non-hydrogen) atoms. The van der Waals surface area contributed by atoms with Crippen molar-refractivity contribution in [1.29, 1.82) is 0 Å². The Hall–Kier alpha value is -1.77. The molecule has 118 valence electrons. The van der Waals surface area contributed by atoms with Crippen LogP contribution in [0.4, 0.5) is 18.9 Å². The van der Waals surface area contributed by atoms with Crippen LogP contribution in [-0.4, -0.2) is 39.9 Å². The topological polar surface area (TPSA) is 75.3 Å². The molecule has 0 aliphatic rings. The van der Waals surface area contributed by atoms with Gasteiger partial charge in [-0.1, -0.05) is 0 Å². The molecule has 0 bridgehead atoms. The SMILES string of the molecule is CNc1ccc(C(F)(F)F)cc1C(=O)NCCS(C)(=O)=O.